The Morgan fingerprint density at radius 1 is 1.12 bits per heavy atom. The first-order valence-corrected chi connectivity index (χ1v) is 3.04. The summed E-state index contributed by atoms with van der Waals surface area (Å²) < 4.78 is 0. The Balaban J connectivity index is 0. The van der Waals surface area contributed by atoms with Gasteiger partial charge < -0.3 is 0 Å². The molecule has 0 rings (SSSR count). The molecule has 0 amide bonds. The van der Waals surface area contributed by atoms with Gasteiger partial charge in [0.2, 0.25) is 0 Å². The van der Waals surface area contributed by atoms with E-state index in [0.717, 1.165) is 0 Å². The van der Waals surface area contributed by atoms with Gasteiger partial charge in [0.1, 0.15) is 0 Å². The van der Waals surface area contributed by atoms with Crippen LogP contribution in [0.15, 0.2) is 0 Å². The summed E-state index contributed by atoms with van der Waals surface area (Å²) >= 11 is 0. The lowest BCUT2D eigenvalue weighted by atomic mass is 9.99. The molecular weight excluding hydrogens is 96.1 g/mol. The number of rotatable bonds is 0. The van der Waals surface area contributed by atoms with Crippen molar-refractivity contribution >= 4 is 0 Å². The van der Waals surface area contributed by atoms with Gasteiger partial charge in [-0.2, -0.15) is 0 Å². The van der Waals surface area contributed by atoms with Crippen LogP contribution in [-0.4, -0.2) is 0 Å². The van der Waals surface area contributed by atoms with E-state index in [1.54, 1.807) is 0 Å². The first kappa shape index (κ1) is 10.5. The number of hydrogen-bond acceptors (Lipinski definition) is 0. The van der Waals surface area contributed by atoms with E-state index in [2.05, 4.69) is 5.92 Å². The van der Waals surface area contributed by atoms with E-state index in [-0.39, 0.29) is 5.41 Å². The average molecular weight is 112 g/mol. The Bertz CT molecular complexity index is 67.0. The largest absolute Gasteiger partial charge is 0.120 e. The van der Waals surface area contributed by atoms with Crippen molar-refractivity contribution in [2.45, 2.75) is 34.6 Å². The Kier molecular flexibility index (Phi) is 6.20. The van der Waals surface area contributed by atoms with Crippen LogP contribution in [0.3, 0.4) is 0 Å². The van der Waals surface area contributed by atoms with Crippen LogP contribution in [0.4, 0.5) is 0 Å². The second kappa shape index (κ2) is 4.71. The lowest BCUT2D eigenvalue weighted by Crippen LogP contribution is -1.97. The number of terminal acetylenes is 1. The minimum Gasteiger partial charge on any atom is -0.120 e. The van der Waals surface area contributed by atoms with Gasteiger partial charge in [0, 0.05) is 5.41 Å². The van der Waals surface area contributed by atoms with E-state index in [9.17, 15) is 0 Å². The van der Waals surface area contributed by atoms with Crippen molar-refractivity contribution in [1.82, 2.24) is 0 Å². The molecular formula is C8H16. The molecule has 0 spiro atoms. The van der Waals surface area contributed by atoms with Crippen molar-refractivity contribution in [3.05, 3.63) is 0 Å². The Morgan fingerprint density at radius 2 is 1.25 bits per heavy atom. The summed E-state index contributed by atoms with van der Waals surface area (Å²) in [6, 6.07) is 0. The first-order chi connectivity index (χ1) is 3.56. The first-order valence-electron chi connectivity index (χ1n) is 3.04. The highest BCUT2D eigenvalue weighted by atomic mass is 14.0. The second-order valence-electron chi connectivity index (χ2n) is 2.39. The van der Waals surface area contributed by atoms with Crippen LogP contribution < -0.4 is 0 Å². The molecule has 0 heteroatoms. The maximum Gasteiger partial charge on any atom is 0.0227 e. The summed E-state index contributed by atoms with van der Waals surface area (Å²) in [5.41, 5.74) is 0.0694. The molecule has 0 nitrogen and oxygen atoms in total. The maximum atomic E-state index is 5.06. The highest BCUT2D eigenvalue weighted by Crippen LogP contribution is 2.08. The van der Waals surface area contributed by atoms with Crippen LogP contribution in [0.2, 0.25) is 0 Å². The second-order valence-corrected chi connectivity index (χ2v) is 2.39. The average Bonchev–Trinajstić information content (AvgIpc) is 1.71. The highest BCUT2D eigenvalue weighted by Gasteiger charge is 2.00. The smallest absolute Gasteiger partial charge is 0.0227 e. The van der Waals surface area contributed by atoms with Gasteiger partial charge in [-0.05, 0) is 20.8 Å². The van der Waals surface area contributed by atoms with Gasteiger partial charge in [-0.15, -0.1) is 12.3 Å². The van der Waals surface area contributed by atoms with E-state index in [0.29, 0.717) is 0 Å². The van der Waals surface area contributed by atoms with E-state index in [1.807, 2.05) is 34.6 Å². The molecule has 0 aliphatic heterocycles. The molecule has 0 unspecified atom stereocenters. The molecule has 0 aromatic carbocycles. The third kappa shape index (κ3) is 17.6. The molecule has 0 aliphatic carbocycles. The Morgan fingerprint density at radius 3 is 1.25 bits per heavy atom. The summed E-state index contributed by atoms with van der Waals surface area (Å²) in [4.78, 5) is 0. The summed E-state index contributed by atoms with van der Waals surface area (Å²) in [6.07, 6.45) is 5.06. The van der Waals surface area contributed by atoms with Gasteiger partial charge in [0.25, 0.3) is 0 Å². The van der Waals surface area contributed by atoms with Crippen molar-refractivity contribution < 1.29 is 0 Å². The van der Waals surface area contributed by atoms with Crippen LogP contribution in [0.5, 0.6) is 0 Å². The van der Waals surface area contributed by atoms with Crippen LogP contribution in [-0.2, 0) is 0 Å². The molecule has 0 saturated heterocycles. The van der Waals surface area contributed by atoms with E-state index < -0.39 is 0 Å². The Labute approximate surface area is 53.3 Å². The van der Waals surface area contributed by atoms with Gasteiger partial charge in [0.05, 0.1) is 0 Å². The van der Waals surface area contributed by atoms with Gasteiger partial charge in [-0.25, -0.2) is 0 Å². The fraction of sp³-hybridized carbons (Fsp3) is 0.750. The van der Waals surface area contributed by atoms with Crippen LogP contribution in [0.1, 0.15) is 34.6 Å². The zero-order valence-electron chi connectivity index (χ0n) is 6.58. The van der Waals surface area contributed by atoms with Gasteiger partial charge in [-0.3, -0.25) is 0 Å². The monoisotopic (exact) mass is 112 g/mol. The zero-order chi connectivity index (χ0) is 7.21. The minimum atomic E-state index is 0.0694. The fourth-order valence-corrected chi connectivity index (χ4v) is 0. The van der Waals surface area contributed by atoms with Crippen molar-refractivity contribution in [2.24, 2.45) is 5.41 Å². The number of hydrogen-bond donors (Lipinski definition) is 0. The Hall–Kier alpha value is -0.440. The topological polar surface area (TPSA) is 0 Å². The molecule has 0 radical (unpaired) electrons. The van der Waals surface area contributed by atoms with Crippen molar-refractivity contribution in [1.29, 1.82) is 0 Å². The van der Waals surface area contributed by atoms with E-state index in [1.165, 1.54) is 0 Å². The van der Waals surface area contributed by atoms with Crippen LogP contribution >= 0.6 is 0 Å². The molecule has 0 saturated carbocycles. The molecule has 0 aromatic heterocycles. The normalized spacial score (nSPS) is 8.50. The van der Waals surface area contributed by atoms with Crippen molar-refractivity contribution in [3.63, 3.8) is 0 Å². The van der Waals surface area contributed by atoms with Crippen molar-refractivity contribution in [3.8, 4) is 12.3 Å². The molecule has 0 aliphatic rings. The van der Waals surface area contributed by atoms with Gasteiger partial charge in [0.15, 0.2) is 0 Å². The zero-order valence-corrected chi connectivity index (χ0v) is 6.58. The lowest BCUT2D eigenvalue weighted by molar-refractivity contribution is 0.571. The molecule has 0 N–H and O–H groups in total. The third-order valence-corrected chi connectivity index (χ3v) is 0.433. The van der Waals surface area contributed by atoms with Gasteiger partial charge in [-0.1, -0.05) is 13.8 Å². The lowest BCUT2D eigenvalue weighted by Gasteiger charge is -2.04. The molecule has 0 heterocycles. The summed E-state index contributed by atoms with van der Waals surface area (Å²) in [5.74, 6) is 2.60. The summed E-state index contributed by atoms with van der Waals surface area (Å²) in [5, 5.41) is 0. The van der Waals surface area contributed by atoms with Crippen LogP contribution in [0.25, 0.3) is 0 Å². The van der Waals surface area contributed by atoms with Crippen molar-refractivity contribution in [2.75, 3.05) is 0 Å². The molecule has 0 bridgehead atoms. The molecule has 48 valence electrons. The van der Waals surface area contributed by atoms with Gasteiger partial charge >= 0.3 is 0 Å². The summed E-state index contributed by atoms with van der Waals surface area (Å²) in [6.45, 7) is 10.0. The van der Waals surface area contributed by atoms with E-state index >= 15 is 0 Å². The minimum absolute atomic E-state index is 0.0694. The highest BCUT2D eigenvalue weighted by molar-refractivity contribution is 4.96. The molecule has 8 heavy (non-hydrogen) atoms. The predicted octanol–water partition coefficient (Wildman–Crippen LogP) is 2.69. The third-order valence-electron chi connectivity index (χ3n) is 0.433. The standard InChI is InChI=1S/C6H10.C2H6/c1-5-6(2,3)4;1-2/h1H,2-4H3;1-2H3. The van der Waals surface area contributed by atoms with E-state index in [4.69, 9.17) is 6.42 Å². The molecule has 0 fully saturated rings. The summed E-state index contributed by atoms with van der Waals surface area (Å²) in [7, 11) is 0. The predicted molar refractivity (Wildman–Crippen MR) is 39.6 cm³/mol. The molecule has 0 aromatic rings. The molecule has 0 atom stereocenters. The van der Waals surface area contributed by atoms with Crippen LogP contribution in [0, 0.1) is 17.8 Å². The SMILES string of the molecule is C#CC(C)(C)C.CC. The quantitative estimate of drug-likeness (QED) is 0.423. The fourth-order valence-electron chi connectivity index (χ4n) is 0. The maximum absolute atomic E-state index is 5.06.